The topological polar surface area (TPSA) is 53.0 Å². The van der Waals surface area contributed by atoms with Crippen LogP contribution in [-0.2, 0) is 0 Å². The number of halogens is 2. The maximum absolute atomic E-state index is 14.1. The number of carbonyl (C=O) groups is 1. The van der Waals surface area contributed by atoms with E-state index in [1.165, 1.54) is 11.0 Å². The molecule has 2 aliphatic rings. The van der Waals surface area contributed by atoms with Gasteiger partial charge in [-0.2, -0.15) is 0 Å². The van der Waals surface area contributed by atoms with Gasteiger partial charge in [0, 0.05) is 25.2 Å². The first-order valence-corrected chi connectivity index (χ1v) is 9.25. The van der Waals surface area contributed by atoms with Gasteiger partial charge in [0.1, 0.15) is 11.6 Å². The quantitative estimate of drug-likeness (QED) is 0.703. The lowest BCUT2D eigenvalue weighted by atomic mass is 9.88. The Kier molecular flexibility index (Phi) is 4.26. The van der Waals surface area contributed by atoms with Gasteiger partial charge >= 0.3 is 6.09 Å². The van der Waals surface area contributed by atoms with Crippen LogP contribution in [-0.4, -0.2) is 35.7 Å². The highest BCUT2D eigenvalue weighted by molar-refractivity contribution is 9.10. The van der Waals surface area contributed by atoms with Crippen molar-refractivity contribution in [2.45, 2.75) is 24.9 Å². The number of fused-ring (bicyclic) bond motifs is 5. The molecular formula is C19H18BrFN2O3. The fourth-order valence-corrected chi connectivity index (χ4v) is 4.26. The van der Waals surface area contributed by atoms with Crippen LogP contribution in [0, 0.1) is 5.82 Å². The van der Waals surface area contributed by atoms with E-state index < -0.39 is 11.9 Å². The molecule has 26 heavy (non-hydrogen) atoms. The Balaban J connectivity index is 1.92. The molecule has 2 aromatic rings. The lowest BCUT2D eigenvalue weighted by Crippen LogP contribution is -2.50. The zero-order valence-corrected chi connectivity index (χ0v) is 15.7. The minimum Gasteiger partial charge on any atom is -0.465 e. The van der Waals surface area contributed by atoms with Gasteiger partial charge in [-0.3, -0.25) is 0 Å². The SMILES string of the molecule is CN(C(=O)O)[C@@H]1CCCN2c3cc(Br)c(F)cc3Oc3ccccc3[C@@H]12. The average Bonchev–Trinajstić information content (AvgIpc) is 2.76. The summed E-state index contributed by atoms with van der Waals surface area (Å²) in [5, 5.41) is 9.54. The summed E-state index contributed by atoms with van der Waals surface area (Å²) in [6.45, 7) is 0.747. The van der Waals surface area contributed by atoms with Gasteiger partial charge in [-0.1, -0.05) is 18.2 Å². The molecule has 5 nitrogen and oxygen atoms in total. The summed E-state index contributed by atoms with van der Waals surface area (Å²) >= 11 is 3.26. The molecule has 1 N–H and O–H groups in total. The van der Waals surface area contributed by atoms with Gasteiger partial charge in [0.15, 0.2) is 5.75 Å². The second-order valence-electron chi connectivity index (χ2n) is 6.62. The van der Waals surface area contributed by atoms with E-state index in [4.69, 9.17) is 4.74 Å². The summed E-state index contributed by atoms with van der Waals surface area (Å²) in [5.41, 5.74) is 1.68. The molecule has 1 saturated heterocycles. The van der Waals surface area contributed by atoms with Crippen molar-refractivity contribution >= 4 is 27.7 Å². The lowest BCUT2D eigenvalue weighted by molar-refractivity contribution is 0.121. The van der Waals surface area contributed by atoms with Crippen molar-refractivity contribution in [3.8, 4) is 11.5 Å². The molecule has 0 spiro atoms. The summed E-state index contributed by atoms with van der Waals surface area (Å²) in [6.07, 6.45) is 0.644. The number of likely N-dealkylation sites (N-methyl/N-ethyl adjacent to an activating group) is 1. The number of amides is 1. The van der Waals surface area contributed by atoms with Crippen LogP contribution in [0.3, 0.4) is 0 Å². The monoisotopic (exact) mass is 420 g/mol. The molecule has 2 aromatic carbocycles. The van der Waals surface area contributed by atoms with Crippen LogP contribution < -0.4 is 9.64 Å². The van der Waals surface area contributed by atoms with E-state index >= 15 is 0 Å². The number of ether oxygens (including phenoxy) is 1. The second kappa shape index (κ2) is 6.46. The van der Waals surface area contributed by atoms with Crippen LogP contribution in [0.4, 0.5) is 14.9 Å². The van der Waals surface area contributed by atoms with E-state index in [2.05, 4.69) is 20.8 Å². The summed E-state index contributed by atoms with van der Waals surface area (Å²) in [4.78, 5) is 15.1. The first kappa shape index (κ1) is 17.1. The maximum Gasteiger partial charge on any atom is 0.407 e. The zero-order chi connectivity index (χ0) is 18.4. The van der Waals surface area contributed by atoms with Crippen LogP contribution >= 0.6 is 15.9 Å². The van der Waals surface area contributed by atoms with Crippen LogP contribution in [0.15, 0.2) is 40.9 Å². The van der Waals surface area contributed by atoms with Gasteiger partial charge in [-0.15, -0.1) is 0 Å². The van der Waals surface area contributed by atoms with Crippen molar-refractivity contribution in [3.63, 3.8) is 0 Å². The van der Waals surface area contributed by atoms with E-state index in [1.807, 2.05) is 24.3 Å². The molecule has 2 heterocycles. The van der Waals surface area contributed by atoms with Crippen molar-refractivity contribution in [2.75, 3.05) is 18.5 Å². The minimum atomic E-state index is -0.958. The maximum atomic E-state index is 14.1. The van der Waals surface area contributed by atoms with Crippen molar-refractivity contribution < 1.29 is 19.0 Å². The van der Waals surface area contributed by atoms with Crippen LogP contribution in [0.2, 0.25) is 0 Å². The van der Waals surface area contributed by atoms with Gasteiger partial charge in [-0.05, 0) is 40.9 Å². The first-order chi connectivity index (χ1) is 12.5. The molecule has 4 rings (SSSR count). The van der Waals surface area contributed by atoms with E-state index in [-0.39, 0.29) is 12.1 Å². The Hall–Kier alpha value is -2.28. The number of hydrogen-bond acceptors (Lipinski definition) is 3. The molecule has 0 radical (unpaired) electrons. The van der Waals surface area contributed by atoms with Gasteiger partial charge in [0.05, 0.1) is 22.2 Å². The van der Waals surface area contributed by atoms with E-state index in [0.29, 0.717) is 16.0 Å². The highest BCUT2D eigenvalue weighted by Crippen LogP contribution is 2.49. The molecule has 2 atom stereocenters. The van der Waals surface area contributed by atoms with Crippen molar-refractivity contribution in [2.24, 2.45) is 0 Å². The van der Waals surface area contributed by atoms with E-state index in [9.17, 15) is 14.3 Å². The Labute approximate surface area is 159 Å². The molecule has 136 valence electrons. The van der Waals surface area contributed by atoms with Crippen molar-refractivity contribution in [1.82, 2.24) is 4.90 Å². The van der Waals surface area contributed by atoms with Gasteiger partial charge in [0.2, 0.25) is 0 Å². The molecule has 1 fully saturated rings. The summed E-state index contributed by atoms with van der Waals surface area (Å²) in [7, 11) is 1.60. The number of piperidine rings is 1. The molecule has 7 heteroatoms. The Morgan fingerprint density at radius 3 is 2.88 bits per heavy atom. The molecule has 2 aliphatic heterocycles. The largest absolute Gasteiger partial charge is 0.465 e. The minimum absolute atomic E-state index is 0.195. The van der Waals surface area contributed by atoms with Gasteiger partial charge < -0.3 is 19.6 Å². The number of carboxylic acid groups (broad SMARTS) is 1. The standard InChI is InChI=1S/C19H18BrFN2O3/c1-22(19(24)25)14-6-4-8-23-15-9-12(20)13(21)10-17(15)26-16-7-3-2-5-11(16)18(14)23/h2-3,5,7,9-10,14,18H,4,6,8H2,1H3,(H,24,25)/t14-,18+/m1/s1. The number of rotatable bonds is 1. The summed E-state index contributed by atoms with van der Waals surface area (Å²) < 4.78 is 20.5. The molecule has 0 bridgehead atoms. The molecule has 0 aliphatic carbocycles. The van der Waals surface area contributed by atoms with E-state index in [1.54, 1.807) is 13.1 Å². The summed E-state index contributed by atoms with van der Waals surface area (Å²) in [5.74, 6) is 0.684. The molecule has 0 unspecified atom stereocenters. The van der Waals surface area contributed by atoms with E-state index in [0.717, 1.165) is 30.6 Å². The van der Waals surface area contributed by atoms with Gasteiger partial charge in [0.25, 0.3) is 0 Å². The van der Waals surface area contributed by atoms with Crippen LogP contribution in [0.25, 0.3) is 0 Å². The third-order valence-corrected chi connectivity index (χ3v) is 5.77. The average molecular weight is 421 g/mol. The Morgan fingerprint density at radius 1 is 1.35 bits per heavy atom. The number of para-hydroxylation sites is 1. The molecule has 1 amide bonds. The molecular weight excluding hydrogens is 403 g/mol. The number of nitrogens with zero attached hydrogens (tertiary/aromatic N) is 2. The summed E-state index contributed by atoms with van der Waals surface area (Å²) in [6, 6.07) is 10.3. The number of anilines is 1. The first-order valence-electron chi connectivity index (χ1n) is 8.45. The molecule has 0 aromatic heterocycles. The molecule has 0 saturated carbocycles. The fourth-order valence-electron chi connectivity index (χ4n) is 3.93. The lowest BCUT2D eigenvalue weighted by Gasteiger charge is -2.44. The number of hydrogen-bond donors (Lipinski definition) is 1. The van der Waals surface area contributed by atoms with Crippen molar-refractivity contribution in [1.29, 1.82) is 0 Å². The Bertz CT molecular complexity index is 876. The van der Waals surface area contributed by atoms with Crippen LogP contribution in [0.1, 0.15) is 24.4 Å². The highest BCUT2D eigenvalue weighted by atomic mass is 79.9. The third-order valence-electron chi connectivity index (χ3n) is 5.17. The van der Waals surface area contributed by atoms with Crippen molar-refractivity contribution in [3.05, 3.63) is 52.3 Å². The van der Waals surface area contributed by atoms with Gasteiger partial charge in [-0.25, -0.2) is 9.18 Å². The predicted molar refractivity (Wildman–Crippen MR) is 99.5 cm³/mol. The highest BCUT2D eigenvalue weighted by Gasteiger charge is 2.41. The van der Waals surface area contributed by atoms with Crippen LogP contribution in [0.5, 0.6) is 11.5 Å². The number of benzene rings is 2. The zero-order valence-electron chi connectivity index (χ0n) is 14.2. The Morgan fingerprint density at radius 2 is 2.12 bits per heavy atom. The normalized spacial score (nSPS) is 21.0. The third kappa shape index (κ3) is 2.70. The smallest absolute Gasteiger partial charge is 0.407 e. The second-order valence-corrected chi connectivity index (χ2v) is 7.47. The fraction of sp³-hybridized carbons (Fsp3) is 0.316. The predicted octanol–water partition coefficient (Wildman–Crippen LogP) is 5.01.